The van der Waals surface area contributed by atoms with Gasteiger partial charge in [-0.25, -0.2) is 8.78 Å². The summed E-state index contributed by atoms with van der Waals surface area (Å²) in [6, 6.07) is 4.37. The first-order valence-electron chi connectivity index (χ1n) is 7.23. The van der Waals surface area contributed by atoms with Crippen LogP contribution in [0.15, 0.2) is 18.2 Å². The van der Waals surface area contributed by atoms with E-state index in [0.717, 1.165) is 25.1 Å². The largest absolute Gasteiger partial charge is 0.316 e. The number of rotatable bonds is 5. The monoisotopic (exact) mass is 267 g/mol. The molecule has 2 rings (SSSR count). The van der Waals surface area contributed by atoms with Crippen LogP contribution in [0.3, 0.4) is 0 Å². The van der Waals surface area contributed by atoms with Crippen LogP contribution in [0.5, 0.6) is 0 Å². The van der Waals surface area contributed by atoms with E-state index in [1.807, 2.05) is 0 Å². The van der Waals surface area contributed by atoms with E-state index in [1.54, 1.807) is 6.07 Å². The van der Waals surface area contributed by atoms with Crippen molar-refractivity contribution in [1.82, 2.24) is 5.32 Å². The van der Waals surface area contributed by atoms with Crippen molar-refractivity contribution in [1.29, 1.82) is 0 Å². The molecular formula is C16H23F2N. The van der Waals surface area contributed by atoms with Crippen molar-refractivity contribution < 1.29 is 8.78 Å². The highest BCUT2D eigenvalue weighted by molar-refractivity contribution is 5.23. The van der Waals surface area contributed by atoms with Crippen LogP contribution in [0.2, 0.25) is 0 Å². The van der Waals surface area contributed by atoms with Gasteiger partial charge in [0.15, 0.2) is 11.6 Å². The van der Waals surface area contributed by atoms with Gasteiger partial charge in [0, 0.05) is 0 Å². The minimum Gasteiger partial charge on any atom is -0.316 e. The zero-order chi connectivity index (χ0) is 13.8. The molecule has 1 saturated carbocycles. The molecule has 1 aromatic rings. The maximum atomic E-state index is 13.3. The average Bonchev–Trinajstić information content (AvgIpc) is 2.80. The summed E-state index contributed by atoms with van der Waals surface area (Å²) >= 11 is 0. The Bertz CT molecular complexity index is 417. The van der Waals surface area contributed by atoms with E-state index in [2.05, 4.69) is 19.2 Å². The van der Waals surface area contributed by atoms with Crippen molar-refractivity contribution in [2.75, 3.05) is 13.1 Å². The summed E-state index contributed by atoms with van der Waals surface area (Å²) in [5, 5.41) is 3.48. The fraction of sp³-hybridized carbons (Fsp3) is 0.625. The second-order valence-corrected chi connectivity index (χ2v) is 6.02. The first-order chi connectivity index (χ1) is 9.08. The Hall–Kier alpha value is -0.960. The molecule has 3 heteroatoms. The highest BCUT2D eigenvalue weighted by Gasteiger charge is 2.28. The van der Waals surface area contributed by atoms with Gasteiger partial charge in [0.25, 0.3) is 0 Å². The lowest BCUT2D eigenvalue weighted by Crippen LogP contribution is -2.27. The Morgan fingerprint density at radius 1 is 1.21 bits per heavy atom. The smallest absolute Gasteiger partial charge is 0.159 e. The molecule has 2 unspecified atom stereocenters. The third-order valence-corrected chi connectivity index (χ3v) is 3.99. The predicted octanol–water partition coefficient (Wildman–Crippen LogP) is 4.09. The Balaban J connectivity index is 1.99. The van der Waals surface area contributed by atoms with Crippen LogP contribution >= 0.6 is 0 Å². The minimum absolute atomic E-state index is 0.370. The van der Waals surface area contributed by atoms with E-state index in [9.17, 15) is 8.78 Å². The molecule has 0 aromatic heterocycles. The fourth-order valence-electron chi connectivity index (χ4n) is 3.02. The van der Waals surface area contributed by atoms with Crippen LogP contribution in [-0.2, 0) is 0 Å². The van der Waals surface area contributed by atoms with E-state index in [0.29, 0.717) is 17.8 Å². The SMILES string of the molecule is CC(C)CNCC1CCCC1c1ccc(F)c(F)c1. The maximum Gasteiger partial charge on any atom is 0.159 e. The molecule has 1 nitrogen and oxygen atoms in total. The number of nitrogens with one attached hydrogen (secondary N) is 1. The lowest BCUT2D eigenvalue weighted by atomic mass is 9.88. The summed E-state index contributed by atoms with van der Waals surface area (Å²) in [5.74, 6) is 0.0796. The van der Waals surface area contributed by atoms with Crippen molar-refractivity contribution in [3.05, 3.63) is 35.4 Å². The van der Waals surface area contributed by atoms with Crippen molar-refractivity contribution in [3.8, 4) is 0 Å². The highest BCUT2D eigenvalue weighted by atomic mass is 19.2. The number of hydrogen-bond donors (Lipinski definition) is 1. The summed E-state index contributed by atoms with van der Waals surface area (Å²) in [6.45, 7) is 6.37. The molecular weight excluding hydrogens is 244 g/mol. The summed E-state index contributed by atoms with van der Waals surface area (Å²) in [6.07, 6.45) is 3.44. The maximum absolute atomic E-state index is 13.3. The van der Waals surface area contributed by atoms with E-state index >= 15 is 0 Å². The molecule has 1 fully saturated rings. The molecule has 0 heterocycles. The van der Waals surface area contributed by atoms with E-state index < -0.39 is 11.6 Å². The van der Waals surface area contributed by atoms with Gasteiger partial charge in [-0.3, -0.25) is 0 Å². The second-order valence-electron chi connectivity index (χ2n) is 6.02. The lowest BCUT2D eigenvalue weighted by Gasteiger charge is -2.21. The Kier molecular flexibility index (Phi) is 4.92. The lowest BCUT2D eigenvalue weighted by molar-refractivity contribution is 0.422. The quantitative estimate of drug-likeness (QED) is 0.847. The number of benzene rings is 1. The molecule has 2 atom stereocenters. The van der Waals surface area contributed by atoms with Gasteiger partial charge in [0.05, 0.1) is 0 Å². The van der Waals surface area contributed by atoms with Gasteiger partial charge in [-0.2, -0.15) is 0 Å². The normalized spacial score (nSPS) is 23.2. The average molecular weight is 267 g/mol. The zero-order valence-corrected chi connectivity index (χ0v) is 11.8. The number of hydrogen-bond acceptors (Lipinski definition) is 1. The fourth-order valence-corrected chi connectivity index (χ4v) is 3.02. The third-order valence-electron chi connectivity index (χ3n) is 3.99. The van der Waals surface area contributed by atoms with Crippen molar-refractivity contribution in [2.24, 2.45) is 11.8 Å². The Morgan fingerprint density at radius 2 is 2.00 bits per heavy atom. The van der Waals surface area contributed by atoms with Gasteiger partial charge in [-0.1, -0.05) is 26.3 Å². The summed E-state index contributed by atoms with van der Waals surface area (Å²) in [5.41, 5.74) is 0.952. The first-order valence-corrected chi connectivity index (χ1v) is 7.23. The van der Waals surface area contributed by atoms with E-state index in [-0.39, 0.29) is 0 Å². The van der Waals surface area contributed by atoms with Gasteiger partial charge >= 0.3 is 0 Å². The first kappa shape index (κ1) is 14.4. The molecule has 0 aliphatic heterocycles. The molecule has 19 heavy (non-hydrogen) atoms. The molecule has 0 amide bonds. The zero-order valence-electron chi connectivity index (χ0n) is 11.8. The molecule has 1 aliphatic carbocycles. The predicted molar refractivity (Wildman–Crippen MR) is 74.1 cm³/mol. The topological polar surface area (TPSA) is 12.0 Å². The standard InChI is InChI=1S/C16H23F2N/c1-11(2)9-19-10-13-4-3-5-14(13)12-6-7-15(17)16(18)8-12/h6-8,11,13-14,19H,3-5,9-10H2,1-2H3. The van der Waals surface area contributed by atoms with E-state index in [4.69, 9.17) is 0 Å². The van der Waals surface area contributed by atoms with Gasteiger partial charge in [-0.15, -0.1) is 0 Å². The van der Waals surface area contributed by atoms with Crippen LogP contribution in [0.25, 0.3) is 0 Å². The highest BCUT2D eigenvalue weighted by Crippen LogP contribution is 2.39. The summed E-state index contributed by atoms with van der Waals surface area (Å²) in [4.78, 5) is 0. The van der Waals surface area contributed by atoms with Gasteiger partial charge in [0.1, 0.15) is 0 Å². The summed E-state index contributed by atoms with van der Waals surface area (Å²) < 4.78 is 26.3. The molecule has 0 saturated heterocycles. The number of halogens is 2. The van der Waals surface area contributed by atoms with Crippen LogP contribution in [0.4, 0.5) is 8.78 Å². The van der Waals surface area contributed by atoms with E-state index in [1.165, 1.54) is 25.0 Å². The van der Waals surface area contributed by atoms with Crippen molar-refractivity contribution in [2.45, 2.75) is 39.0 Å². The van der Waals surface area contributed by atoms with Crippen molar-refractivity contribution in [3.63, 3.8) is 0 Å². The molecule has 0 spiro atoms. The van der Waals surface area contributed by atoms with Crippen LogP contribution < -0.4 is 5.32 Å². The molecule has 1 N–H and O–H groups in total. The van der Waals surface area contributed by atoms with Crippen molar-refractivity contribution >= 4 is 0 Å². The van der Waals surface area contributed by atoms with Crippen LogP contribution in [0.1, 0.15) is 44.6 Å². The Morgan fingerprint density at radius 3 is 2.68 bits per heavy atom. The molecule has 0 radical (unpaired) electrons. The van der Waals surface area contributed by atoms with Crippen LogP contribution in [-0.4, -0.2) is 13.1 Å². The summed E-state index contributed by atoms with van der Waals surface area (Å²) in [7, 11) is 0. The molecule has 1 aliphatic rings. The minimum atomic E-state index is -0.753. The third kappa shape index (κ3) is 3.75. The van der Waals surface area contributed by atoms with Gasteiger partial charge in [-0.05, 0) is 61.4 Å². The molecule has 106 valence electrons. The van der Waals surface area contributed by atoms with Gasteiger partial charge in [0.2, 0.25) is 0 Å². The van der Waals surface area contributed by atoms with Crippen LogP contribution in [0, 0.1) is 23.5 Å². The Labute approximate surface area is 114 Å². The van der Waals surface area contributed by atoms with Gasteiger partial charge < -0.3 is 5.32 Å². The molecule has 1 aromatic carbocycles. The molecule has 0 bridgehead atoms. The second kappa shape index (κ2) is 6.47.